The molecular weight excluding hydrogens is 284 g/mol. The number of piperazine rings is 1. The van der Waals surface area contributed by atoms with E-state index in [0.29, 0.717) is 5.92 Å². The van der Waals surface area contributed by atoms with Gasteiger partial charge in [0.2, 0.25) is 11.8 Å². The van der Waals surface area contributed by atoms with Crippen LogP contribution in [0.3, 0.4) is 0 Å². The maximum Gasteiger partial charge on any atom is 0.246 e. The van der Waals surface area contributed by atoms with Crippen molar-refractivity contribution in [3.63, 3.8) is 0 Å². The van der Waals surface area contributed by atoms with Crippen LogP contribution in [0.15, 0.2) is 0 Å². The van der Waals surface area contributed by atoms with Crippen LogP contribution in [-0.2, 0) is 9.59 Å². The van der Waals surface area contributed by atoms with Crippen LogP contribution in [0.2, 0.25) is 0 Å². The van der Waals surface area contributed by atoms with E-state index >= 15 is 0 Å². The molecule has 1 saturated carbocycles. The predicted octanol–water partition coefficient (Wildman–Crippen LogP) is 2.42. The highest BCUT2D eigenvalue weighted by Crippen LogP contribution is 2.30. The summed E-state index contributed by atoms with van der Waals surface area (Å²) < 4.78 is 0. The summed E-state index contributed by atoms with van der Waals surface area (Å²) in [4.78, 5) is 27.1. The fraction of sp³-hybridized carbons (Fsp3) is 0.875. The zero-order valence-electron chi connectivity index (χ0n) is 13.4. The second-order valence-electron chi connectivity index (χ2n) is 6.32. The van der Waals surface area contributed by atoms with E-state index in [1.54, 1.807) is 11.8 Å². The van der Waals surface area contributed by atoms with Gasteiger partial charge in [0.05, 0.1) is 0 Å². The van der Waals surface area contributed by atoms with Crippen molar-refractivity contribution in [2.75, 3.05) is 12.0 Å². The molecule has 1 heterocycles. The molecule has 0 aromatic carbocycles. The highest BCUT2D eigenvalue weighted by Gasteiger charge is 2.44. The van der Waals surface area contributed by atoms with Crippen molar-refractivity contribution >= 4 is 23.6 Å². The summed E-state index contributed by atoms with van der Waals surface area (Å²) in [6, 6.07) is -0.459. The fourth-order valence-corrected chi connectivity index (χ4v) is 4.46. The minimum absolute atomic E-state index is 0.0183. The van der Waals surface area contributed by atoms with E-state index in [1.165, 1.54) is 19.3 Å². The van der Waals surface area contributed by atoms with Gasteiger partial charge in [0, 0.05) is 11.8 Å². The van der Waals surface area contributed by atoms with Gasteiger partial charge in [-0.25, -0.2) is 0 Å². The molecule has 2 aliphatic rings. The van der Waals surface area contributed by atoms with Crippen molar-refractivity contribution in [2.24, 2.45) is 5.92 Å². The molecule has 21 heavy (non-hydrogen) atoms. The third-order valence-corrected chi connectivity index (χ3v) is 5.68. The summed E-state index contributed by atoms with van der Waals surface area (Å²) in [5.41, 5.74) is 0. The molecule has 3 unspecified atom stereocenters. The number of hydrogen-bond donors (Lipinski definition) is 1. The van der Waals surface area contributed by atoms with Gasteiger partial charge in [0.1, 0.15) is 12.1 Å². The first-order valence-corrected chi connectivity index (χ1v) is 9.61. The molecule has 120 valence electrons. The summed E-state index contributed by atoms with van der Waals surface area (Å²) in [5, 5.41) is 3.00. The van der Waals surface area contributed by atoms with Crippen LogP contribution in [0.4, 0.5) is 0 Å². The first-order chi connectivity index (χ1) is 10.1. The Morgan fingerprint density at radius 1 is 1.29 bits per heavy atom. The van der Waals surface area contributed by atoms with Crippen LogP contribution in [0.25, 0.3) is 0 Å². The standard InChI is InChI=1S/C16H28N2O2S/c1-4-13(10-21-3)18-11(2)15(19)17-14(16(18)20)12-8-6-5-7-9-12/h11-14H,4-10H2,1-3H3,(H,17,19). The molecule has 1 N–H and O–H groups in total. The largest absolute Gasteiger partial charge is 0.342 e. The van der Waals surface area contributed by atoms with E-state index in [1.807, 2.05) is 11.8 Å². The Balaban J connectivity index is 2.17. The molecule has 4 nitrogen and oxygen atoms in total. The van der Waals surface area contributed by atoms with Gasteiger partial charge < -0.3 is 10.2 Å². The van der Waals surface area contributed by atoms with Gasteiger partial charge in [-0.3, -0.25) is 9.59 Å². The van der Waals surface area contributed by atoms with Crippen molar-refractivity contribution in [3.05, 3.63) is 0 Å². The van der Waals surface area contributed by atoms with E-state index in [2.05, 4.69) is 18.5 Å². The molecule has 1 aliphatic heterocycles. The van der Waals surface area contributed by atoms with Gasteiger partial charge in [-0.1, -0.05) is 26.2 Å². The lowest BCUT2D eigenvalue weighted by Gasteiger charge is -2.44. The van der Waals surface area contributed by atoms with Crippen LogP contribution in [0.5, 0.6) is 0 Å². The number of rotatable bonds is 5. The second-order valence-corrected chi connectivity index (χ2v) is 7.23. The number of hydrogen-bond acceptors (Lipinski definition) is 3. The monoisotopic (exact) mass is 312 g/mol. The zero-order valence-corrected chi connectivity index (χ0v) is 14.2. The minimum Gasteiger partial charge on any atom is -0.342 e. The van der Waals surface area contributed by atoms with Gasteiger partial charge in [0.25, 0.3) is 0 Å². The van der Waals surface area contributed by atoms with Crippen molar-refractivity contribution in [1.29, 1.82) is 0 Å². The Kier molecular flexibility index (Phi) is 5.97. The lowest BCUT2D eigenvalue weighted by atomic mass is 9.82. The molecule has 1 aliphatic carbocycles. The van der Waals surface area contributed by atoms with Gasteiger partial charge >= 0.3 is 0 Å². The number of carbonyl (C=O) groups excluding carboxylic acids is 2. The second kappa shape index (κ2) is 7.52. The molecule has 2 fully saturated rings. The molecule has 0 aromatic rings. The van der Waals surface area contributed by atoms with Gasteiger partial charge in [-0.15, -0.1) is 0 Å². The van der Waals surface area contributed by atoms with Crippen molar-refractivity contribution in [3.8, 4) is 0 Å². The van der Waals surface area contributed by atoms with E-state index in [0.717, 1.165) is 25.0 Å². The van der Waals surface area contributed by atoms with E-state index in [9.17, 15) is 9.59 Å². The Bertz CT molecular complexity index is 382. The Morgan fingerprint density at radius 3 is 2.52 bits per heavy atom. The van der Waals surface area contributed by atoms with Crippen LogP contribution in [-0.4, -0.2) is 46.8 Å². The van der Waals surface area contributed by atoms with Crippen LogP contribution >= 0.6 is 11.8 Å². The van der Waals surface area contributed by atoms with Crippen molar-refractivity contribution < 1.29 is 9.59 Å². The number of nitrogens with one attached hydrogen (secondary N) is 1. The number of carbonyl (C=O) groups is 2. The first kappa shape index (κ1) is 16.7. The molecule has 3 atom stereocenters. The molecular formula is C16H28N2O2S. The predicted molar refractivity (Wildman–Crippen MR) is 87.3 cm³/mol. The maximum absolute atomic E-state index is 13.0. The van der Waals surface area contributed by atoms with Gasteiger partial charge in [-0.2, -0.15) is 11.8 Å². The molecule has 1 saturated heterocycles. The van der Waals surface area contributed by atoms with E-state index in [-0.39, 0.29) is 29.9 Å². The SMILES string of the molecule is CCC(CSC)N1C(=O)C(C2CCCCC2)NC(=O)C1C. The van der Waals surface area contributed by atoms with Crippen LogP contribution in [0.1, 0.15) is 52.4 Å². The molecule has 2 rings (SSSR count). The lowest BCUT2D eigenvalue weighted by molar-refractivity contribution is -0.153. The lowest BCUT2D eigenvalue weighted by Crippen LogP contribution is -2.67. The summed E-state index contributed by atoms with van der Waals surface area (Å²) >= 11 is 1.74. The third-order valence-electron chi connectivity index (χ3n) is 4.96. The number of nitrogens with zero attached hydrogens (tertiary/aromatic N) is 1. The maximum atomic E-state index is 13.0. The normalized spacial score (nSPS) is 29.4. The average Bonchev–Trinajstić information content (AvgIpc) is 2.51. The topological polar surface area (TPSA) is 49.4 Å². The van der Waals surface area contributed by atoms with Crippen molar-refractivity contribution in [2.45, 2.75) is 70.5 Å². The van der Waals surface area contributed by atoms with Gasteiger partial charge in [0.15, 0.2) is 0 Å². The van der Waals surface area contributed by atoms with E-state index < -0.39 is 0 Å². The van der Waals surface area contributed by atoms with E-state index in [4.69, 9.17) is 0 Å². The average molecular weight is 312 g/mol. The summed E-state index contributed by atoms with van der Waals surface area (Å²) in [6.07, 6.45) is 8.72. The quantitative estimate of drug-likeness (QED) is 0.848. The Labute approximate surface area is 132 Å². The molecule has 0 aromatic heterocycles. The number of thioether (sulfide) groups is 1. The molecule has 0 radical (unpaired) electrons. The Hall–Kier alpha value is -0.710. The molecule has 2 amide bonds. The molecule has 0 bridgehead atoms. The molecule has 5 heteroatoms. The fourth-order valence-electron chi connectivity index (χ4n) is 3.68. The third kappa shape index (κ3) is 3.55. The van der Waals surface area contributed by atoms with Gasteiger partial charge in [-0.05, 0) is 38.4 Å². The van der Waals surface area contributed by atoms with Crippen LogP contribution < -0.4 is 5.32 Å². The number of amides is 2. The van der Waals surface area contributed by atoms with Crippen molar-refractivity contribution in [1.82, 2.24) is 10.2 Å². The highest BCUT2D eigenvalue weighted by atomic mass is 32.2. The smallest absolute Gasteiger partial charge is 0.246 e. The Morgan fingerprint density at radius 2 is 1.95 bits per heavy atom. The summed E-state index contributed by atoms with van der Waals surface area (Å²) in [7, 11) is 0. The highest BCUT2D eigenvalue weighted by molar-refractivity contribution is 7.98. The van der Waals surface area contributed by atoms with Crippen LogP contribution in [0, 0.1) is 5.92 Å². The minimum atomic E-state index is -0.338. The first-order valence-electron chi connectivity index (χ1n) is 8.21. The zero-order chi connectivity index (χ0) is 15.4. The molecule has 0 spiro atoms. The summed E-state index contributed by atoms with van der Waals surface area (Å²) in [5.74, 6) is 1.40. The summed E-state index contributed by atoms with van der Waals surface area (Å²) in [6.45, 7) is 3.95.